The van der Waals surface area contributed by atoms with Gasteiger partial charge in [0.2, 0.25) is 0 Å². The van der Waals surface area contributed by atoms with Gasteiger partial charge in [-0.1, -0.05) is 34.1 Å². The predicted octanol–water partition coefficient (Wildman–Crippen LogP) is 4.13. The Kier molecular flexibility index (Phi) is 5.21. The lowest BCUT2D eigenvalue weighted by atomic mass is 9.43. The minimum atomic E-state index is -0.863. The number of carbonyl (C=O) groups excluding carboxylic acids is 2. The predicted molar refractivity (Wildman–Crippen MR) is 102 cm³/mol. The Hall–Kier alpha value is -1.36. The Morgan fingerprint density at radius 3 is 2.63 bits per heavy atom. The first kappa shape index (κ1) is 20.4. The van der Waals surface area contributed by atoms with Crippen LogP contribution in [0.5, 0.6) is 0 Å². The summed E-state index contributed by atoms with van der Waals surface area (Å²) in [7, 11) is 0. The summed E-state index contributed by atoms with van der Waals surface area (Å²) in [4.78, 5) is 23.1. The fraction of sp³-hybridized carbons (Fsp3) is 0.818. The van der Waals surface area contributed by atoms with E-state index in [1.165, 1.54) is 6.92 Å². The highest BCUT2D eigenvalue weighted by Gasteiger charge is 2.64. The van der Waals surface area contributed by atoms with E-state index in [0.717, 1.165) is 24.8 Å². The number of aliphatic hydroxyl groups is 1. The molecule has 5 heteroatoms. The van der Waals surface area contributed by atoms with Gasteiger partial charge in [-0.05, 0) is 49.0 Å². The van der Waals surface area contributed by atoms with Crippen molar-refractivity contribution in [2.24, 2.45) is 22.7 Å². The van der Waals surface area contributed by atoms with Crippen molar-refractivity contribution in [3.05, 3.63) is 11.8 Å². The molecule has 152 valence electrons. The van der Waals surface area contributed by atoms with Crippen LogP contribution in [0.15, 0.2) is 11.8 Å². The Bertz CT molecular complexity index is 651. The molecule has 1 aliphatic heterocycles. The second kappa shape index (κ2) is 6.91. The van der Waals surface area contributed by atoms with Crippen molar-refractivity contribution in [2.45, 2.75) is 91.3 Å². The van der Waals surface area contributed by atoms with Crippen molar-refractivity contribution in [3.8, 4) is 0 Å². The normalized spacial score (nSPS) is 40.7. The van der Waals surface area contributed by atoms with Gasteiger partial charge in [0.1, 0.15) is 6.10 Å². The first-order chi connectivity index (χ1) is 12.5. The molecule has 0 saturated heterocycles. The zero-order valence-corrected chi connectivity index (χ0v) is 17.3. The van der Waals surface area contributed by atoms with Gasteiger partial charge >= 0.3 is 11.9 Å². The van der Waals surface area contributed by atoms with Gasteiger partial charge in [-0.15, -0.1) is 0 Å². The maximum Gasteiger partial charge on any atom is 0.314 e. The van der Waals surface area contributed by atoms with Crippen molar-refractivity contribution in [1.29, 1.82) is 0 Å². The molecule has 0 aromatic rings. The molecular weight excluding hydrogens is 344 g/mol. The average molecular weight is 379 g/mol. The third kappa shape index (κ3) is 3.43. The minimum absolute atomic E-state index is 0.00700. The average Bonchev–Trinajstić information content (AvgIpc) is 2.95. The Morgan fingerprint density at radius 1 is 1.33 bits per heavy atom. The number of rotatable bonds is 4. The highest BCUT2D eigenvalue weighted by Crippen LogP contribution is 2.64. The van der Waals surface area contributed by atoms with Crippen LogP contribution in [0.2, 0.25) is 0 Å². The molecule has 5 atom stereocenters. The number of esters is 2. The van der Waals surface area contributed by atoms with E-state index in [0.29, 0.717) is 25.7 Å². The quantitative estimate of drug-likeness (QED) is 0.745. The highest BCUT2D eigenvalue weighted by atomic mass is 16.5. The molecule has 0 bridgehead atoms. The first-order valence-corrected chi connectivity index (χ1v) is 10.3. The molecule has 1 N–H and O–H groups in total. The number of hydrogen-bond donors (Lipinski definition) is 1. The summed E-state index contributed by atoms with van der Waals surface area (Å²) in [5, 5.41) is 12.0. The lowest BCUT2D eigenvalue weighted by molar-refractivity contribution is -0.249. The van der Waals surface area contributed by atoms with Crippen LogP contribution in [0, 0.1) is 22.7 Å². The van der Waals surface area contributed by atoms with Crippen LogP contribution in [-0.2, 0) is 19.1 Å². The number of fused-ring (bicyclic) bond motifs is 1. The molecule has 0 spiro atoms. The van der Waals surface area contributed by atoms with E-state index in [1.807, 2.05) is 0 Å². The number of cyclic esters (lactones) is 1. The molecule has 2 aliphatic carbocycles. The van der Waals surface area contributed by atoms with E-state index in [4.69, 9.17) is 9.47 Å². The SMILES string of the molecule is CC(=O)OC1CC(C)C(O)(CCC2=COC(=O)C2)C2(C)CCCC(C)(C)C12. The summed E-state index contributed by atoms with van der Waals surface area (Å²) in [5.41, 5.74) is -0.250. The van der Waals surface area contributed by atoms with E-state index < -0.39 is 5.60 Å². The Labute approximate surface area is 162 Å². The van der Waals surface area contributed by atoms with Crippen LogP contribution in [-0.4, -0.2) is 28.8 Å². The Balaban J connectivity index is 1.91. The lowest BCUT2D eigenvalue weighted by Crippen LogP contribution is -2.66. The number of ether oxygens (including phenoxy) is 2. The molecular formula is C22H34O5. The van der Waals surface area contributed by atoms with Gasteiger partial charge in [-0.3, -0.25) is 9.59 Å². The fourth-order valence-corrected chi connectivity index (χ4v) is 6.50. The van der Waals surface area contributed by atoms with E-state index in [-0.39, 0.29) is 40.7 Å². The van der Waals surface area contributed by atoms with Gasteiger partial charge in [0.25, 0.3) is 0 Å². The number of hydrogen-bond acceptors (Lipinski definition) is 5. The van der Waals surface area contributed by atoms with Crippen molar-refractivity contribution in [3.63, 3.8) is 0 Å². The van der Waals surface area contributed by atoms with Crippen LogP contribution in [0.3, 0.4) is 0 Å². The maximum absolute atomic E-state index is 12.0. The van der Waals surface area contributed by atoms with Gasteiger partial charge in [0, 0.05) is 18.3 Å². The molecule has 5 unspecified atom stereocenters. The summed E-state index contributed by atoms with van der Waals surface area (Å²) in [6.07, 6.45) is 6.71. The fourth-order valence-electron chi connectivity index (χ4n) is 6.50. The zero-order valence-electron chi connectivity index (χ0n) is 17.3. The summed E-state index contributed by atoms with van der Waals surface area (Å²) < 4.78 is 10.7. The summed E-state index contributed by atoms with van der Waals surface area (Å²) in [6, 6.07) is 0. The van der Waals surface area contributed by atoms with Gasteiger partial charge in [0.15, 0.2) is 0 Å². The third-order valence-corrected chi connectivity index (χ3v) is 7.68. The molecule has 0 amide bonds. The van der Waals surface area contributed by atoms with E-state index in [9.17, 15) is 14.7 Å². The molecule has 2 fully saturated rings. The second-order valence-electron chi connectivity index (χ2n) is 9.89. The second-order valence-corrected chi connectivity index (χ2v) is 9.89. The monoisotopic (exact) mass is 378 g/mol. The number of carbonyl (C=O) groups is 2. The van der Waals surface area contributed by atoms with E-state index in [2.05, 4.69) is 27.7 Å². The van der Waals surface area contributed by atoms with Crippen LogP contribution in [0.25, 0.3) is 0 Å². The maximum atomic E-state index is 12.0. The molecule has 0 aromatic heterocycles. The molecule has 0 radical (unpaired) electrons. The summed E-state index contributed by atoms with van der Waals surface area (Å²) in [6.45, 7) is 10.2. The zero-order chi connectivity index (χ0) is 20.0. The first-order valence-electron chi connectivity index (χ1n) is 10.3. The van der Waals surface area contributed by atoms with Crippen molar-refractivity contribution < 1.29 is 24.2 Å². The topological polar surface area (TPSA) is 72.8 Å². The van der Waals surface area contributed by atoms with Gasteiger partial charge in [0.05, 0.1) is 18.3 Å². The molecule has 27 heavy (non-hydrogen) atoms. The summed E-state index contributed by atoms with van der Waals surface area (Å²) in [5.74, 6) is -0.338. The lowest BCUT2D eigenvalue weighted by Gasteiger charge is -2.64. The van der Waals surface area contributed by atoms with E-state index >= 15 is 0 Å². The van der Waals surface area contributed by atoms with Crippen molar-refractivity contribution in [1.82, 2.24) is 0 Å². The van der Waals surface area contributed by atoms with Gasteiger partial charge in [-0.2, -0.15) is 0 Å². The van der Waals surface area contributed by atoms with Crippen LogP contribution >= 0.6 is 0 Å². The van der Waals surface area contributed by atoms with Crippen molar-refractivity contribution in [2.75, 3.05) is 0 Å². The third-order valence-electron chi connectivity index (χ3n) is 7.68. The largest absolute Gasteiger partial charge is 0.462 e. The molecule has 3 rings (SSSR count). The molecule has 3 aliphatic rings. The van der Waals surface area contributed by atoms with Crippen molar-refractivity contribution >= 4 is 11.9 Å². The molecule has 2 saturated carbocycles. The van der Waals surface area contributed by atoms with Crippen LogP contribution in [0.1, 0.15) is 79.6 Å². The summed E-state index contributed by atoms with van der Waals surface area (Å²) >= 11 is 0. The highest BCUT2D eigenvalue weighted by molar-refractivity contribution is 5.75. The van der Waals surface area contributed by atoms with E-state index in [1.54, 1.807) is 6.26 Å². The molecule has 5 nitrogen and oxygen atoms in total. The smallest absolute Gasteiger partial charge is 0.314 e. The minimum Gasteiger partial charge on any atom is -0.462 e. The molecule has 0 aromatic carbocycles. The van der Waals surface area contributed by atoms with Crippen LogP contribution in [0.4, 0.5) is 0 Å². The van der Waals surface area contributed by atoms with Crippen LogP contribution < -0.4 is 0 Å². The standard InChI is InChI=1S/C22H34O5/c1-14-11-17(27-15(2)23)19-20(3,4)8-6-9-21(19,5)22(14,25)10-7-16-12-18(24)26-13-16/h13-14,17,19,25H,6-12H2,1-5H3. The Morgan fingerprint density at radius 2 is 2.04 bits per heavy atom. The van der Waals surface area contributed by atoms with Gasteiger partial charge in [-0.25, -0.2) is 0 Å². The molecule has 1 heterocycles. The van der Waals surface area contributed by atoms with Gasteiger partial charge < -0.3 is 14.6 Å².